The van der Waals surface area contributed by atoms with Crippen molar-refractivity contribution in [3.63, 3.8) is 0 Å². The summed E-state index contributed by atoms with van der Waals surface area (Å²) in [4.78, 5) is 23.3. The van der Waals surface area contributed by atoms with Gasteiger partial charge in [0, 0.05) is 5.92 Å². The second-order valence-electron chi connectivity index (χ2n) is 5.63. The summed E-state index contributed by atoms with van der Waals surface area (Å²) in [7, 11) is 0. The van der Waals surface area contributed by atoms with E-state index in [1.54, 1.807) is 31.5 Å². The number of rotatable bonds is 8. The van der Waals surface area contributed by atoms with Crippen molar-refractivity contribution in [3.05, 3.63) is 35.4 Å². The summed E-state index contributed by atoms with van der Waals surface area (Å²) in [6.07, 6.45) is 3.23. The largest absolute Gasteiger partial charge is 0.459 e. The van der Waals surface area contributed by atoms with Gasteiger partial charge in [-0.15, -0.1) is 0 Å². The molecule has 0 heterocycles. The molecule has 0 fully saturated rings. The van der Waals surface area contributed by atoms with Crippen LogP contribution in [0.2, 0.25) is 0 Å². The smallest absolute Gasteiger partial charge is 0.338 e. The average Bonchev–Trinajstić information content (AvgIpc) is 2.52. The molecule has 2 N–H and O–H groups in total. The number of hydrogen-bond donors (Lipinski definition) is 2. The van der Waals surface area contributed by atoms with Gasteiger partial charge in [0.1, 0.15) is 6.10 Å². The number of carbonyl (C=O) groups excluding carboxylic acids is 2. The molecule has 1 aromatic rings. The van der Waals surface area contributed by atoms with Gasteiger partial charge in [-0.1, -0.05) is 32.4 Å². The van der Waals surface area contributed by atoms with Crippen LogP contribution in [0.25, 0.3) is 0 Å². The highest BCUT2D eigenvalue weighted by Gasteiger charge is 2.19. The van der Waals surface area contributed by atoms with Gasteiger partial charge in [-0.3, -0.25) is 10.0 Å². The van der Waals surface area contributed by atoms with Crippen molar-refractivity contribution in [3.8, 4) is 0 Å². The first-order valence-corrected chi connectivity index (χ1v) is 7.71. The summed E-state index contributed by atoms with van der Waals surface area (Å²) >= 11 is 0. The van der Waals surface area contributed by atoms with E-state index in [4.69, 9.17) is 9.94 Å². The van der Waals surface area contributed by atoms with Gasteiger partial charge >= 0.3 is 5.97 Å². The van der Waals surface area contributed by atoms with Gasteiger partial charge in [0.25, 0.3) is 0 Å². The summed E-state index contributed by atoms with van der Waals surface area (Å²) in [5, 5.41) is 8.56. The maximum Gasteiger partial charge on any atom is 0.338 e. The molecule has 5 heteroatoms. The van der Waals surface area contributed by atoms with Crippen molar-refractivity contribution in [1.29, 1.82) is 0 Å². The van der Waals surface area contributed by atoms with Crippen molar-refractivity contribution >= 4 is 11.9 Å². The Bertz CT molecular complexity index is 484. The third-order valence-corrected chi connectivity index (χ3v) is 3.56. The van der Waals surface area contributed by atoms with Crippen LogP contribution in [0.4, 0.5) is 0 Å². The van der Waals surface area contributed by atoms with Crippen LogP contribution in [0.3, 0.4) is 0 Å². The summed E-state index contributed by atoms with van der Waals surface area (Å²) in [6.45, 7) is 5.54. The van der Waals surface area contributed by atoms with E-state index in [0.717, 1.165) is 19.3 Å². The molecule has 0 saturated carbocycles. The first-order chi connectivity index (χ1) is 10.5. The predicted molar refractivity (Wildman–Crippen MR) is 83.6 cm³/mol. The monoisotopic (exact) mass is 307 g/mol. The molecule has 122 valence electrons. The normalized spacial score (nSPS) is 13.3. The van der Waals surface area contributed by atoms with Crippen LogP contribution in [-0.4, -0.2) is 23.2 Å². The van der Waals surface area contributed by atoms with E-state index in [9.17, 15) is 9.59 Å². The molecule has 0 aliphatic carbocycles. The van der Waals surface area contributed by atoms with Crippen molar-refractivity contribution < 1.29 is 19.5 Å². The van der Waals surface area contributed by atoms with Crippen LogP contribution in [0.15, 0.2) is 24.3 Å². The third kappa shape index (κ3) is 5.85. The first kappa shape index (κ1) is 18.2. The Balaban J connectivity index is 2.52. The van der Waals surface area contributed by atoms with E-state index in [1.165, 1.54) is 5.56 Å². The van der Waals surface area contributed by atoms with E-state index in [2.05, 4.69) is 6.92 Å². The van der Waals surface area contributed by atoms with Crippen LogP contribution >= 0.6 is 0 Å². The minimum absolute atomic E-state index is 0.354. The second-order valence-corrected chi connectivity index (χ2v) is 5.63. The van der Waals surface area contributed by atoms with Gasteiger partial charge in [0.2, 0.25) is 5.91 Å². The second kappa shape index (κ2) is 9.20. The molecule has 2 atom stereocenters. The first-order valence-electron chi connectivity index (χ1n) is 7.71. The van der Waals surface area contributed by atoms with Crippen LogP contribution in [0.5, 0.6) is 0 Å². The van der Waals surface area contributed by atoms with Gasteiger partial charge in [-0.05, 0) is 43.9 Å². The Labute approximate surface area is 131 Å². The molecule has 1 rings (SSSR count). The highest BCUT2D eigenvalue weighted by atomic mass is 16.5. The molecule has 0 saturated heterocycles. The quantitative estimate of drug-likeness (QED) is 0.439. The lowest BCUT2D eigenvalue weighted by atomic mass is 10.0. The number of aryl methyl sites for hydroxylation is 1. The molecule has 0 aliphatic heterocycles. The number of nitrogens with one attached hydrogen (secondary N) is 1. The van der Waals surface area contributed by atoms with Crippen LogP contribution in [0.1, 0.15) is 56.0 Å². The molecular formula is C17H25NO4. The minimum Gasteiger partial charge on any atom is -0.459 e. The Morgan fingerprint density at radius 1 is 1.23 bits per heavy atom. The predicted octanol–water partition coefficient (Wildman–Crippen LogP) is 3.11. The standard InChI is InChI=1S/C17H25NO4/c1-4-5-6-14-7-9-15(10-8-14)17(20)22-13(3)11-12(2)16(19)18-21/h7-10,12-13,21H,4-6,11H2,1-3H3,(H,18,19). The fourth-order valence-electron chi connectivity index (χ4n) is 2.20. The number of benzene rings is 1. The maximum absolute atomic E-state index is 12.0. The van der Waals surface area contributed by atoms with Crippen LogP contribution in [0, 0.1) is 5.92 Å². The molecular weight excluding hydrogens is 282 g/mol. The van der Waals surface area contributed by atoms with E-state index < -0.39 is 23.9 Å². The fraction of sp³-hybridized carbons (Fsp3) is 0.529. The molecule has 0 aliphatic rings. The Morgan fingerprint density at radius 2 is 1.86 bits per heavy atom. The molecule has 22 heavy (non-hydrogen) atoms. The summed E-state index contributed by atoms with van der Waals surface area (Å²) in [6, 6.07) is 7.42. The van der Waals surface area contributed by atoms with E-state index in [0.29, 0.717) is 12.0 Å². The topological polar surface area (TPSA) is 75.6 Å². The van der Waals surface area contributed by atoms with Crippen LogP contribution in [-0.2, 0) is 16.0 Å². The highest BCUT2D eigenvalue weighted by molar-refractivity contribution is 5.89. The van der Waals surface area contributed by atoms with Gasteiger partial charge < -0.3 is 4.74 Å². The van der Waals surface area contributed by atoms with Gasteiger partial charge in [-0.2, -0.15) is 0 Å². The molecule has 0 spiro atoms. The van der Waals surface area contributed by atoms with Gasteiger partial charge in [-0.25, -0.2) is 10.3 Å². The van der Waals surface area contributed by atoms with Crippen molar-refractivity contribution in [1.82, 2.24) is 5.48 Å². The number of hydrogen-bond acceptors (Lipinski definition) is 4. The van der Waals surface area contributed by atoms with E-state index in [1.807, 2.05) is 12.1 Å². The zero-order chi connectivity index (χ0) is 16.5. The molecule has 2 unspecified atom stereocenters. The summed E-state index contributed by atoms with van der Waals surface area (Å²) < 4.78 is 5.32. The molecule has 0 radical (unpaired) electrons. The van der Waals surface area contributed by atoms with Gasteiger partial charge in [0.15, 0.2) is 0 Å². The zero-order valence-electron chi connectivity index (χ0n) is 13.5. The molecule has 5 nitrogen and oxygen atoms in total. The highest BCUT2D eigenvalue weighted by Crippen LogP contribution is 2.13. The molecule has 1 amide bonds. The lowest BCUT2D eigenvalue weighted by Crippen LogP contribution is -2.29. The maximum atomic E-state index is 12.0. The fourth-order valence-corrected chi connectivity index (χ4v) is 2.20. The van der Waals surface area contributed by atoms with Crippen LogP contribution < -0.4 is 5.48 Å². The number of esters is 1. The Hall–Kier alpha value is -1.88. The molecule has 1 aromatic carbocycles. The third-order valence-electron chi connectivity index (χ3n) is 3.56. The number of carbonyl (C=O) groups is 2. The van der Waals surface area contributed by atoms with E-state index >= 15 is 0 Å². The Kier molecular flexibility index (Phi) is 7.60. The van der Waals surface area contributed by atoms with E-state index in [-0.39, 0.29) is 0 Å². The number of unbranched alkanes of at least 4 members (excludes halogenated alkanes) is 1. The lowest BCUT2D eigenvalue weighted by molar-refractivity contribution is -0.133. The molecule has 0 aromatic heterocycles. The van der Waals surface area contributed by atoms with Crippen molar-refractivity contribution in [2.24, 2.45) is 5.92 Å². The number of hydroxylamine groups is 1. The SMILES string of the molecule is CCCCc1ccc(C(=O)OC(C)CC(C)C(=O)NO)cc1. The summed E-state index contributed by atoms with van der Waals surface area (Å²) in [5.41, 5.74) is 3.31. The van der Waals surface area contributed by atoms with Gasteiger partial charge in [0.05, 0.1) is 5.56 Å². The molecule has 0 bridgehead atoms. The van der Waals surface area contributed by atoms with Crippen molar-refractivity contribution in [2.75, 3.05) is 0 Å². The number of ether oxygens (including phenoxy) is 1. The Morgan fingerprint density at radius 3 is 2.41 bits per heavy atom. The number of amides is 1. The van der Waals surface area contributed by atoms with Crippen molar-refractivity contribution in [2.45, 2.75) is 52.6 Å². The lowest BCUT2D eigenvalue weighted by Gasteiger charge is -2.16. The summed E-state index contributed by atoms with van der Waals surface area (Å²) in [5.74, 6) is -1.31. The average molecular weight is 307 g/mol. The minimum atomic E-state index is -0.483. The zero-order valence-corrected chi connectivity index (χ0v) is 13.5.